The summed E-state index contributed by atoms with van der Waals surface area (Å²) in [5, 5.41) is 0. The van der Waals surface area contributed by atoms with Crippen LogP contribution in [0.25, 0.3) is 0 Å². The molecule has 112 valence electrons. The van der Waals surface area contributed by atoms with Crippen molar-refractivity contribution in [2.24, 2.45) is 17.6 Å². The minimum absolute atomic E-state index is 0.175. The van der Waals surface area contributed by atoms with Gasteiger partial charge in [-0.3, -0.25) is 9.78 Å². The highest BCUT2D eigenvalue weighted by Gasteiger charge is 2.18. The lowest BCUT2D eigenvalue weighted by molar-refractivity contribution is -0.132. The Labute approximate surface area is 122 Å². The monoisotopic (exact) mass is 277 g/mol. The van der Waals surface area contributed by atoms with Crippen LogP contribution in [0.1, 0.15) is 39.3 Å². The van der Waals surface area contributed by atoms with E-state index in [9.17, 15) is 4.79 Å². The summed E-state index contributed by atoms with van der Waals surface area (Å²) in [6, 6.07) is 5.78. The number of amides is 1. The molecular formula is C16H27N3O. The Hall–Kier alpha value is -1.42. The standard InChI is InChI=1S/C16H27N3O/c1-4-19(12-15-7-5-6-8-18-15)16(20)10-14(11-17)9-13(2)3/h5-8,13-14H,4,9-12,17H2,1-3H3/t14-/m0/s1. The molecule has 1 heterocycles. The van der Waals surface area contributed by atoms with Gasteiger partial charge in [0.25, 0.3) is 0 Å². The molecule has 0 fully saturated rings. The van der Waals surface area contributed by atoms with Crippen LogP contribution < -0.4 is 5.73 Å². The summed E-state index contributed by atoms with van der Waals surface area (Å²) < 4.78 is 0. The quantitative estimate of drug-likeness (QED) is 0.794. The summed E-state index contributed by atoms with van der Waals surface area (Å²) in [4.78, 5) is 18.5. The van der Waals surface area contributed by atoms with Crippen molar-refractivity contribution in [1.82, 2.24) is 9.88 Å². The molecule has 1 aromatic rings. The van der Waals surface area contributed by atoms with Gasteiger partial charge in [0, 0.05) is 19.2 Å². The van der Waals surface area contributed by atoms with Crippen molar-refractivity contribution in [1.29, 1.82) is 0 Å². The summed E-state index contributed by atoms with van der Waals surface area (Å²) in [7, 11) is 0. The number of nitrogens with zero attached hydrogens (tertiary/aromatic N) is 2. The summed E-state index contributed by atoms with van der Waals surface area (Å²) in [5.41, 5.74) is 6.71. The van der Waals surface area contributed by atoms with E-state index in [-0.39, 0.29) is 11.8 Å². The lowest BCUT2D eigenvalue weighted by Crippen LogP contribution is -2.33. The van der Waals surface area contributed by atoms with Crippen molar-refractivity contribution >= 4 is 5.91 Å². The number of hydrogen-bond acceptors (Lipinski definition) is 3. The average Bonchev–Trinajstić information content (AvgIpc) is 2.44. The first-order chi connectivity index (χ1) is 9.56. The molecule has 2 N–H and O–H groups in total. The van der Waals surface area contributed by atoms with Crippen LogP contribution in [0, 0.1) is 11.8 Å². The molecule has 0 bridgehead atoms. The van der Waals surface area contributed by atoms with Gasteiger partial charge in [0.05, 0.1) is 12.2 Å². The Kier molecular flexibility index (Phi) is 7.23. The van der Waals surface area contributed by atoms with Crippen molar-refractivity contribution in [3.8, 4) is 0 Å². The number of aromatic nitrogens is 1. The van der Waals surface area contributed by atoms with E-state index in [1.165, 1.54) is 0 Å². The van der Waals surface area contributed by atoms with Crippen LogP contribution in [-0.4, -0.2) is 28.9 Å². The maximum Gasteiger partial charge on any atom is 0.223 e. The van der Waals surface area contributed by atoms with Gasteiger partial charge < -0.3 is 10.6 Å². The molecule has 0 spiro atoms. The summed E-state index contributed by atoms with van der Waals surface area (Å²) >= 11 is 0. The first-order valence-corrected chi connectivity index (χ1v) is 7.44. The average molecular weight is 277 g/mol. The highest BCUT2D eigenvalue weighted by Crippen LogP contribution is 2.16. The fourth-order valence-electron chi connectivity index (χ4n) is 2.37. The SMILES string of the molecule is CCN(Cc1ccccn1)C(=O)C[C@@H](CN)CC(C)C. The van der Waals surface area contributed by atoms with E-state index in [1.807, 2.05) is 30.0 Å². The summed E-state index contributed by atoms with van der Waals surface area (Å²) in [6.45, 7) is 8.19. The second-order valence-electron chi connectivity index (χ2n) is 5.66. The molecule has 0 radical (unpaired) electrons. The number of pyridine rings is 1. The number of rotatable bonds is 8. The smallest absolute Gasteiger partial charge is 0.223 e. The second-order valence-corrected chi connectivity index (χ2v) is 5.66. The Balaban J connectivity index is 2.58. The maximum atomic E-state index is 12.4. The molecular weight excluding hydrogens is 250 g/mol. The number of nitrogens with two attached hydrogens (primary N) is 1. The molecule has 0 aliphatic carbocycles. The molecule has 20 heavy (non-hydrogen) atoms. The third-order valence-corrected chi connectivity index (χ3v) is 3.41. The van der Waals surface area contributed by atoms with Crippen molar-refractivity contribution in [3.05, 3.63) is 30.1 Å². The van der Waals surface area contributed by atoms with Crippen molar-refractivity contribution in [3.63, 3.8) is 0 Å². The van der Waals surface area contributed by atoms with Crippen molar-refractivity contribution < 1.29 is 4.79 Å². The van der Waals surface area contributed by atoms with Crippen LogP contribution in [0.4, 0.5) is 0 Å². The minimum atomic E-state index is 0.175. The van der Waals surface area contributed by atoms with E-state index in [0.29, 0.717) is 32.0 Å². The zero-order valence-corrected chi connectivity index (χ0v) is 12.9. The molecule has 0 aliphatic heterocycles. The number of carbonyl (C=O) groups excluding carboxylic acids is 1. The molecule has 4 heteroatoms. The van der Waals surface area contributed by atoms with Crippen LogP contribution in [0.2, 0.25) is 0 Å². The van der Waals surface area contributed by atoms with Gasteiger partial charge in [0.15, 0.2) is 0 Å². The molecule has 1 amide bonds. The van der Waals surface area contributed by atoms with Crippen LogP contribution >= 0.6 is 0 Å². The van der Waals surface area contributed by atoms with Crippen molar-refractivity contribution in [2.75, 3.05) is 13.1 Å². The highest BCUT2D eigenvalue weighted by molar-refractivity contribution is 5.76. The van der Waals surface area contributed by atoms with Crippen LogP contribution in [0.5, 0.6) is 0 Å². The number of hydrogen-bond donors (Lipinski definition) is 1. The third kappa shape index (κ3) is 5.70. The predicted octanol–water partition coefficient (Wildman–Crippen LogP) is 2.44. The lowest BCUT2D eigenvalue weighted by Gasteiger charge is -2.24. The van der Waals surface area contributed by atoms with E-state index in [2.05, 4.69) is 18.8 Å². The van der Waals surface area contributed by atoms with E-state index in [4.69, 9.17) is 5.73 Å². The summed E-state index contributed by atoms with van der Waals surface area (Å²) in [5.74, 6) is 1.02. The van der Waals surface area contributed by atoms with Gasteiger partial charge in [-0.15, -0.1) is 0 Å². The van der Waals surface area contributed by atoms with Gasteiger partial charge in [0.2, 0.25) is 5.91 Å². The Morgan fingerprint density at radius 3 is 2.65 bits per heavy atom. The molecule has 1 aromatic heterocycles. The van der Waals surface area contributed by atoms with E-state index in [1.54, 1.807) is 6.20 Å². The third-order valence-electron chi connectivity index (χ3n) is 3.41. The lowest BCUT2D eigenvalue weighted by atomic mass is 9.94. The first-order valence-electron chi connectivity index (χ1n) is 7.44. The Morgan fingerprint density at radius 1 is 1.40 bits per heavy atom. The topological polar surface area (TPSA) is 59.2 Å². The van der Waals surface area contributed by atoms with Crippen molar-refractivity contribution in [2.45, 2.75) is 40.2 Å². The largest absolute Gasteiger partial charge is 0.337 e. The molecule has 0 aromatic carbocycles. The van der Waals surface area contributed by atoms with E-state index >= 15 is 0 Å². The van der Waals surface area contributed by atoms with Gasteiger partial charge in [-0.2, -0.15) is 0 Å². The van der Waals surface area contributed by atoms with Gasteiger partial charge in [0.1, 0.15) is 0 Å². The minimum Gasteiger partial charge on any atom is -0.337 e. The van der Waals surface area contributed by atoms with Crippen LogP contribution in [0.3, 0.4) is 0 Å². The highest BCUT2D eigenvalue weighted by atomic mass is 16.2. The predicted molar refractivity (Wildman–Crippen MR) is 81.9 cm³/mol. The molecule has 0 saturated carbocycles. The first kappa shape index (κ1) is 16.6. The normalized spacial score (nSPS) is 12.4. The fraction of sp³-hybridized carbons (Fsp3) is 0.625. The fourth-order valence-corrected chi connectivity index (χ4v) is 2.37. The van der Waals surface area contributed by atoms with Gasteiger partial charge in [-0.25, -0.2) is 0 Å². The zero-order chi connectivity index (χ0) is 15.0. The molecule has 1 rings (SSSR count). The maximum absolute atomic E-state index is 12.4. The van der Waals surface area contributed by atoms with Gasteiger partial charge in [-0.05, 0) is 43.9 Å². The zero-order valence-electron chi connectivity index (χ0n) is 12.9. The van der Waals surface area contributed by atoms with Gasteiger partial charge >= 0.3 is 0 Å². The Morgan fingerprint density at radius 2 is 2.15 bits per heavy atom. The molecule has 4 nitrogen and oxygen atoms in total. The van der Waals surface area contributed by atoms with E-state index < -0.39 is 0 Å². The second kappa shape index (κ2) is 8.69. The summed E-state index contributed by atoms with van der Waals surface area (Å²) in [6.07, 6.45) is 3.30. The molecule has 1 atom stereocenters. The Bertz CT molecular complexity index is 392. The van der Waals surface area contributed by atoms with Crippen LogP contribution in [-0.2, 0) is 11.3 Å². The van der Waals surface area contributed by atoms with E-state index in [0.717, 1.165) is 12.1 Å². The molecule has 0 unspecified atom stereocenters. The van der Waals surface area contributed by atoms with Gasteiger partial charge in [-0.1, -0.05) is 19.9 Å². The molecule has 0 saturated heterocycles. The molecule has 0 aliphatic rings. The number of carbonyl (C=O) groups is 1. The van der Waals surface area contributed by atoms with Crippen LogP contribution in [0.15, 0.2) is 24.4 Å².